The van der Waals surface area contributed by atoms with Crippen LogP contribution in [0.2, 0.25) is 0 Å². The van der Waals surface area contributed by atoms with Gasteiger partial charge in [-0.25, -0.2) is 9.78 Å². The molecule has 0 saturated carbocycles. The molecule has 2 aromatic carbocycles. The fourth-order valence-electron chi connectivity index (χ4n) is 2.26. The summed E-state index contributed by atoms with van der Waals surface area (Å²) in [5, 5.41) is 2.13. The zero-order chi connectivity index (χ0) is 19.9. The lowest BCUT2D eigenvalue weighted by Crippen LogP contribution is -2.34. The zero-order valence-electron chi connectivity index (χ0n) is 14.9. The topological polar surface area (TPSA) is 108 Å². The number of carbonyl (C=O) groups excluding carboxylic acids is 3. The van der Waals surface area contributed by atoms with Gasteiger partial charge in [-0.05, 0) is 36.4 Å². The second-order valence-electron chi connectivity index (χ2n) is 5.57. The quantitative estimate of drug-likeness (QED) is 0.516. The van der Waals surface area contributed by atoms with E-state index in [2.05, 4.69) is 10.3 Å². The van der Waals surface area contributed by atoms with Crippen molar-refractivity contribution in [2.75, 3.05) is 13.7 Å². The predicted molar refractivity (Wildman–Crippen MR) is 99.5 cm³/mol. The summed E-state index contributed by atoms with van der Waals surface area (Å²) in [6.07, 6.45) is 2.42. The van der Waals surface area contributed by atoms with E-state index >= 15 is 0 Å². The molecule has 0 aliphatic rings. The minimum Gasteiger partial charge on any atom is -0.497 e. The molecule has 0 atom stereocenters. The average molecular weight is 380 g/mol. The summed E-state index contributed by atoms with van der Waals surface area (Å²) in [6, 6.07) is 13.4. The number of nitrogens with zero attached hydrogens (tertiary/aromatic N) is 1. The summed E-state index contributed by atoms with van der Waals surface area (Å²) in [6.45, 7) is -0.599. The first-order valence-electron chi connectivity index (χ1n) is 8.24. The number of methoxy groups -OCH3 is 1. The molecular formula is C20H16N2O6. The van der Waals surface area contributed by atoms with Crippen LogP contribution in [0.3, 0.4) is 0 Å². The molecule has 0 aliphatic carbocycles. The molecule has 142 valence electrons. The van der Waals surface area contributed by atoms with E-state index in [1.54, 1.807) is 30.3 Å². The van der Waals surface area contributed by atoms with Crippen molar-refractivity contribution in [1.82, 2.24) is 10.3 Å². The second-order valence-corrected chi connectivity index (χ2v) is 5.57. The normalized spacial score (nSPS) is 10.8. The van der Waals surface area contributed by atoms with Gasteiger partial charge in [0, 0.05) is 17.7 Å². The largest absolute Gasteiger partial charge is 0.497 e. The van der Waals surface area contributed by atoms with Crippen LogP contribution in [0, 0.1) is 0 Å². The second kappa shape index (κ2) is 8.63. The van der Waals surface area contributed by atoms with E-state index in [0.717, 1.165) is 6.08 Å². The van der Waals surface area contributed by atoms with Gasteiger partial charge in [0.25, 0.3) is 11.8 Å². The molecular weight excluding hydrogens is 364 g/mol. The lowest BCUT2D eigenvalue weighted by atomic mass is 10.2. The van der Waals surface area contributed by atoms with Gasteiger partial charge < -0.3 is 13.9 Å². The SMILES string of the molecule is COc1ccc(C(=O)NC(=O)COC(=O)/C=C/c2nc3ccccc3o2)cc1. The van der Waals surface area contributed by atoms with Gasteiger partial charge in [0.1, 0.15) is 11.3 Å². The molecule has 8 nitrogen and oxygen atoms in total. The Morgan fingerprint density at radius 2 is 1.86 bits per heavy atom. The van der Waals surface area contributed by atoms with Crippen LogP contribution in [0.5, 0.6) is 5.75 Å². The molecule has 2 amide bonds. The molecule has 1 aromatic heterocycles. The summed E-state index contributed by atoms with van der Waals surface area (Å²) in [5.74, 6) is -1.30. The lowest BCUT2D eigenvalue weighted by Gasteiger charge is -2.05. The number of imide groups is 1. The molecule has 0 saturated heterocycles. The van der Waals surface area contributed by atoms with Gasteiger partial charge in [-0.3, -0.25) is 14.9 Å². The van der Waals surface area contributed by atoms with E-state index in [0.29, 0.717) is 16.8 Å². The molecule has 8 heteroatoms. The fraction of sp³-hybridized carbons (Fsp3) is 0.100. The van der Waals surface area contributed by atoms with Gasteiger partial charge in [-0.2, -0.15) is 0 Å². The Morgan fingerprint density at radius 3 is 2.57 bits per heavy atom. The van der Waals surface area contributed by atoms with Crippen molar-refractivity contribution in [2.45, 2.75) is 0 Å². The van der Waals surface area contributed by atoms with E-state index < -0.39 is 24.4 Å². The van der Waals surface area contributed by atoms with Crippen molar-refractivity contribution in [3.8, 4) is 5.75 Å². The maximum absolute atomic E-state index is 11.9. The van der Waals surface area contributed by atoms with Gasteiger partial charge in [-0.15, -0.1) is 0 Å². The number of aromatic nitrogens is 1. The number of hydrogen-bond acceptors (Lipinski definition) is 7. The van der Waals surface area contributed by atoms with Gasteiger partial charge in [0.15, 0.2) is 12.2 Å². The van der Waals surface area contributed by atoms with E-state index in [1.165, 1.54) is 25.3 Å². The number of ether oxygens (including phenoxy) is 2. The Kier molecular flexibility index (Phi) is 5.81. The number of carbonyl (C=O) groups is 3. The summed E-state index contributed by atoms with van der Waals surface area (Å²) in [4.78, 5) is 39.6. The van der Waals surface area contributed by atoms with Crippen LogP contribution in [0.25, 0.3) is 17.2 Å². The molecule has 1 heterocycles. The Bertz CT molecular complexity index is 1000. The monoisotopic (exact) mass is 380 g/mol. The van der Waals surface area contributed by atoms with Crippen LogP contribution in [-0.4, -0.2) is 36.5 Å². The number of para-hydroxylation sites is 2. The van der Waals surface area contributed by atoms with Crippen molar-refractivity contribution >= 4 is 35.0 Å². The molecule has 0 unspecified atom stereocenters. The zero-order valence-corrected chi connectivity index (χ0v) is 14.9. The average Bonchev–Trinajstić information content (AvgIpc) is 3.13. The maximum atomic E-state index is 11.9. The minimum absolute atomic E-state index is 0.234. The number of hydrogen-bond donors (Lipinski definition) is 1. The molecule has 0 radical (unpaired) electrons. The van der Waals surface area contributed by atoms with Crippen molar-refractivity contribution in [3.05, 3.63) is 66.1 Å². The first-order valence-corrected chi connectivity index (χ1v) is 8.24. The Hall–Kier alpha value is -3.94. The number of oxazole rings is 1. The van der Waals surface area contributed by atoms with Crippen LogP contribution in [0.15, 0.2) is 59.0 Å². The van der Waals surface area contributed by atoms with Crippen molar-refractivity contribution in [1.29, 1.82) is 0 Å². The third kappa shape index (κ3) is 4.82. The Morgan fingerprint density at radius 1 is 1.11 bits per heavy atom. The summed E-state index contributed by atoms with van der Waals surface area (Å²) in [5.41, 5.74) is 1.52. The number of amides is 2. The van der Waals surface area contributed by atoms with Crippen molar-refractivity contribution in [3.63, 3.8) is 0 Å². The Balaban J connectivity index is 1.47. The third-order valence-electron chi connectivity index (χ3n) is 3.62. The van der Waals surface area contributed by atoms with Gasteiger partial charge >= 0.3 is 5.97 Å². The van der Waals surface area contributed by atoms with Crippen LogP contribution in [-0.2, 0) is 14.3 Å². The molecule has 0 aliphatic heterocycles. The summed E-state index contributed by atoms with van der Waals surface area (Å²) >= 11 is 0. The molecule has 0 fully saturated rings. The maximum Gasteiger partial charge on any atom is 0.331 e. The molecule has 3 aromatic rings. The number of benzene rings is 2. The van der Waals surface area contributed by atoms with E-state index in [-0.39, 0.29) is 11.5 Å². The van der Waals surface area contributed by atoms with Crippen LogP contribution < -0.4 is 10.1 Å². The minimum atomic E-state index is -0.769. The highest BCUT2D eigenvalue weighted by Gasteiger charge is 2.12. The van der Waals surface area contributed by atoms with Crippen LogP contribution in [0.4, 0.5) is 0 Å². The Labute approximate surface area is 159 Å². The third-order valence-corrected chi connectivity index (χ3v) is 3.62. The fourth-order valence-corrected chi connectivity index (χ4v) is 2.26. The number of fused-ring (bicyclic) bond motifs is 1. The number of rotatable bonds is 6. The summed E-state index contributed by atoms with van der Waals surface area (Å²) < 4.78 is 15.2. The number of esters is 1. The standard InChI is InChI=1S/C20H16N2O6/c1-26-14-8-6-13(7-9-14)20(25)22-17(23)12-27-19(24)11-10-18-21-15-4-2-3-5-16(15)28-18/h2-11H,12H2,1H3,(H,22,23,25)/b11-10+. The highest BCUT2D eigenvalue weighted by Crippen LogP contribution is 2.15. The molecule has 0 spiro atoms. The highest BCUT2D eigenvalue weighted by molar-refractivity contribution is 6.05. The first kappa shape index (κ1) is 18.8. The van der Waals surface area contributed by atoms with Gasteiger partial charge in [0.05, 0.1) is 7.11 Å². The molecule has 28 heavy (non-hydrogen) atoms. The van der Waals surface area contributed by atoms with Crippen LogP contribution in [0.1, 0.15) is 16.2 Å². The lowest BCUT2D eigenvalue weighted by molar-refractivity contribution is -0.143. The van der Waals surface area contributed by atoms with Crippen molar-refractivity contribution in [2.24, 2.45) is 0 Å². The predicted octanol–water partition coefficient (Wildman–Crippen LogP) is 2.35. The van der Waals surface area contributed by atoms with E-state index in [1.807, 2.05) is 6.07 Å². The first-order chi connectivity index (χ1) is 13.5. The van der Waals surface area contributed by atoms with Crippen LogP contribution >= 0.6 is 0 Å². The van der Waals surface area contributed by atoms with Gasteiger partial charge in [-0.1, -0.05) is 12.1 Å². The highest BCUT2D eigenvalue weighted by atomic mass is 16.5. The smallest absolute Gasteiger partial charge is 0.331 e. The molecule has 3 rings (SSSR count). The molecule has 1 N–H and O–H groups in total. The van der Waals surface area contributed by atoms with Crippen molar-refractivity contribution < 1.29 is 28.3 Å². The van der Waals surface area contributed by atoms with E-state index in [9.17, 15) is 14.4 Å². The van der Waals surface area contributed by atoms with E-state index in [4.69, 9.17) is 13.9 Å². The summed E-state index contributed by atoms with van der Waals surface area (Å²) in [7, 11) is 1.51. The number of nitrogens with one attached hydrogen (secondary N) is 1. The van der Waals surface area contributed by atoms with Gasteiger partial charge in [0.2, 0.25) is 5.89 Å². The molecule has 0 bridgehead atoms.